The number of benzene rings is 1. The molecule has 4 nitrogen and oxygen atoms in total. The Bertz CT molecular complexity index is 753. The van der Waals surface area contributed by atoms with E-state index in [-0.39, 0.29) is 0 Å². The van der Waals surface area contributed by atoms with Crippen molar-refractivity contribution in [1.82, 2.24) is 4.98 Å². The molecule has 1 saturated heterocycles. The van der Waals surface area contributed by atoms with Gasteiger partial charge in [0, 0.05) is 24.3 Å². The maximum Gasteiger partial charge on any atom is 0.340 e. The first-order valence-electron chi connectivity index (χ1n) is 8.52. The molecular formula is C20H24N2O2. The molecular weight excluding hydrogens is 300 g/mol. The van der Waals surface area contributed by atoms with E-state index in [4.69, 9.17) is 0 Å². The minimum Gasteiger partial charge on any atom is -0.478 e. The van der Waals surface area contributed by atoms with Crippen LogP contribution in [-0.4, -0.2) is 29.1 Å². The Hall–Kier alpha value is -2.36. The van der Waals surface area contributed by atoms with Crippen LogP contribution >= 0.6 is 0 Å². The summed E-state index contributed by atoms with van der Waals surface area (Å²) >= 11 is 0. The van der Waals surface area contributed by atoms with E-state index in [1.807, 2.05) is 44.2 Å². The predicted octanol–water partition coefficient (Wildman–Crippen LogP) is 4.30. The van der Waals surface area contributed by atoms with Gasteiger partial charge in [0.15, 0.2) is 0 Å². The summed E-state index contributed by atoms with van der Waals surface area (Å²) in [7, 11) is 0. The Kier molecular flexibility index (Phi) is 4.56. The maximum atomic E-state index is 12.1. The van der Waals surface area contributed by atoms with Gasteiger partial charge < -0.3 is 10.0 Å². The van der Waals surface area contributed by atoms with E-state index in [1.165, 1.54) is 6.42 Å². The first-order chi connectivity index (χ1) is 11.5. The molecule has 1 N–H and O–H groups in total. The highest BCUT2D eigenvalue weighted by atomic mass is 16.4. The Morgan fingerprint density at radius 3 is 2.58 bits per heavy atom. The quantitative estimate of drug-likeness (QED) is 0.914. The third kappa shape index (κ3) is 3.28. The number of carbonyl (C=O) groups is 1. The molecule has 0 spiro atoms. The molecule has 0 bridgehead atoms. The van der Waals surface area contributed by atoms with E-state index >= 15 is 0 Å². The van der Waals surface area contributed by atoms with E-state index in [0.29, 0.717) is 17.3 Å². The summed E-state index contributed by atoms with van der Waals surface area (Å²) in [6, 6.07) is 9.88. The zero-order valence-electron chi connectivity index (χ0n) is 14.5. The van der Waals surface area contributed by atoms with Gasteiger partial charge in [0.05, 0.1) is 0 Å². The van der Waals surface area contributed by atoms with Crippen molar-refractivity contribution < 1.29 is 9.90 Å². The third-order valence-corrected chi connectivity index (χ3v) is 4.66. The monoisotopic (exact) mass is 324 g/mol. The Balaban J connectivity index is 2.15. The van der Waals surface area contributed by atoms with Gasteiger partial charge in [-0.1, -0.05) is 36.8 Å². The first-order valence-corrected chi connectivity index (χ1v) is 8.52. The van der Waals surface area contributed by atoms with Crippen LogP contribution in [0.2, 0.25) is 0 Å². The number of carboxylic acids is 1. The van der Waals surface area contributed by atoms with Crippen LogP contribution in [0.25, 0.3) is 11.1 Å². The minimum atomic E-state index is -0.911. The van der Waals surface area contributed by atoms with Crippen LogP contribution < -0.4 is 4.90 Å². The summed E-state index contributed by atoms with van der Waals surface area (Å²) in [5.74, 6) is 0.265. The number of hydrogen-bond donors (Lipinski definition) is 1. The lowest BCUT2D eigenvalue weighted by Crippen LogP contribution is -2.36. The van der Waals surface area contributed by atoms with Gasteiger partial charge in [-0.15, -0.1) is 0 Å². The Labute approximate surface area is 143 Å². The molecule has 0 radical (unpaired) electrons. The summed E-state index contributed by atoms with van der Waals surface area (Å²) in [4.78, 5) is 18.8. The van der Waals surface area contributed by atoms with E-state index < -0.39 is 5.97 Å². The number of rotatable bonds is 3. The Morgan fingerprint density at radius 1 is 1.25 bits per heavy atom. The number of aryl methyl sites for hydroxylation is 2. The van der Waals surface area contributed by atoms with Crippen LogP contribution in [0.4, 0.5) is 5.82 Å². The van der Waals surface area contributed by atoms with Crippen molar-refractivity contribution in [1.29, 1.82) is 0 Å². The number of aromatic nitrogens is 1. The van der Waals surface area contributed by atoms with E-state index in [2.05, 4.69) is 16.8 Å². The van der Waals surface area contributed by atoms with Crippen LogP contribution in [0.5, 0.6) is 0 Å². The summed E-state index contributed by atoms with van der Waals surface area (Å²) in [6.45, 7) is 7.90. The lowest BCUT2D eigenvalue weighted by molar-refractivity contribution is 0.0698. The zero-order valence-corrected chi connectivity index (χ0v) is 14.5. The number of anilines is 1. The van der Waals surface area contributed by atoms with E-state index in [9.17, 15) is 9.90 Å². The lowest BCUT2D eigenvalue weighted by atomic mass is 9.96. The lowest BCUT2D eigenvalue weighted by Gasteiger charge is -2.33. The topological polar surface area (TPSA) is 53.4 Å². The van der Waals surface area contributed by atoms with Crippen molar-refractivity contribution in [3.8, 4) is 11.1 Å². The zero-order chi connectivity index (χ0) is 17.3. The van der Waals surface area contributed by atoms with Gasteiger partial charge in [0.1, 0.15) is 11.4 Å². The fourth-order valence-electron chi connectivity index (χ4n) is 3.44. The highest BCUT2D eigenvalue weighted by Gasteiger charge is 2.26. The predicted molar refractivity (Wildman–Crippen MR) is 96.7 cm³/mol. The van der Waals surface area contributed by atoms with Crippen LogP contribution in [0.3, 0.4) is 0 Å². The standard InChI is InChI=1S/C20H24N2O2/c1-13-6-8-16(9-7-13)17-11-15(3)21-19(18(17)20(23)24)22-10-4-5-14(2)12-22/h6-9,11,14H,4-5,10,12H2,1-3H3,(H,23,24). The molecule has 0 aliphatic carbocycles. The second kappa shape index (κ2) is 6.63. The van der Waals surface area contributed by atoms with Gasteiger partial charge in [-0.25, -0.2) is 9.78 Å². The number of carboxylic acid groups (broad SMARTS) is 1. The summed E-state index contributed by atoms with van der Waals surface area (Å²) in [5, 5.41) is 9.88. The second-order valence-electron chi connectivity index (χ2n) is 6.87. The van der Waals surface area contributed by atoms with Crippen molar-refractivity contribution in [3.05, 3.63) is 47.2 Å². The van der Waals surface area contributed by atoms with Crippen LogP contribution in [0.1, 0.15) is 41.4 Å². The number of hydrogen-bond acceptors (Lipinski definition) is 3. The molecule has 1 aliphatic rings. The van der Waals surface area contributed by atoms with Crippen molar-refractivity contribution in [2.75, 3.05) is 18.0 Å². The number of aromatic carboxylic acids is 1. The molecule has 2 heterocycles. The SMILES string of the molecule is Cc1ccc(-c2cc(C)nc(N3CCCC(C)C3)c2C(=O)O)cc1. The average molecular weight is 324 g/mol. The van der Waals surface area contributed by atoms with Crippen LogP contribution in [0.15, 0.2) is 30.3 Å². The average Bonchev–Trinajstić information content (AvgIpc) is 2.54. The van der Waals surface area contributed by atoms with Crippen molar-refractivity contribution >= 4 is 11.8 Å². The summed E-state index contributed by atoms with van der Waals surface area (Å²) in [5.41, 5.74) is 4.01. The van der Waals surface area contributed by atoms with Gasteiger partial charge in [-0.05, 0) is 44.2 Å². The molecule has 4 heteroatoms. The van der Waals surface area contributed by atoms with E-state index in [1.54, 1.807) is 0 Å². The molecule has 1 aliphatic heterocycles. The molecule has 1 aromatic carbocycles. The van der Waals surface area contributed by atoms with Crippen molar-refractivity contribution in [2.45, 2.75) is 33.6 Å². The van der Waals surface area contributed by atoms with Crippen LogP contribution in [0, 0.1) is 19.8 Å². The Morgan fingerprint density at radius 2 is 1.96 bits per heavy atom. The minimum absolute atomic E-state index is 0.318. The molecule has 1 atom stereocenters. The molecule has 0 amide bonds. The van der Waals surface area contributed by atoms with Gasteiger partial charge in [-0.3, -0.25) is 0 Å². The maximum absolute atomic E-state index is 12.1. The molecule has 24 heavy (non-hydrogen) atoms. The third-order valence-electron chi connectivity index (χ3n) is 4.66. The van der Waals surface area contributed by atoms with Gasteiger partial charge in [-0.2, -0.15) is 0 Å². The number of pyridine rings is 1. The normalized spacial score (nSPS) is 17.8. The largest absolute Gasteiger partial charge is 0.478 e. The summed E-state index contributed by atoms with van der Waals surface area (Å²) < 4.78 is 0. The fourth-order valence-corrected chi connectivity index (χ4v) is 3.44. The smallest absolute Gasteiger partial charge is 0.340 e. The van der Waals surface area contributed by atoms with E-state index in [0.717, 1.165) is 41.9 Å². The van der Waals surface area contributed by atoms with Crippen molar-refractivity contribution in [2.24, 2.45) is 5.92 Å². The summed E-state index contributed by atoms with van der Waals surface area (Å²) in [6.07, 6.45) is 2.27. The molecule has 126 valence electrons. The van der Waals surface area contributed by atoms with Gasteiger partial charge >= 0.3 is 5.97 Å². The first kappa shape index (κ1) is 16.5. The van der Waals surface area contributed by atoms with Crippen LogP contribution in [-0.2, 0) is 0 Å². The molecule has 2 aromatic rings. The molecule has 1 aromatic heterocycles. The van der Waals surface area contributed by atoms with Gasteiger partial charge in [0.2, 0.25) is 0 Å². The molecule has 1 fully saturated rings. The molecule has 0 saturated carbocycles. The van der Waals surface area contributed by atoms with Gasteiger partial charge in [0.25, 0.3) is 0 Å². The highest BCUT2D eigenvalue weighted by molar-refractivity contribution is 6.01. The van der Waals surface area contributed by atoms with Crippen molar-refractivity contribution in [3.63, 3.8) is 0 Å². The fraction of sp³-hybridized carbons (Fsp3) is 0.400. The molecule has 3 rings (SSSR count). The number of piperidine rings is 1. The number of nitrogens with zero attached hydrogens (tertiary/aromatic N) is 2. The highest BCUT2D eigenvalue weighted by Crippen LogP contribution is 2.33. The molecule has 1 unspecified atom stereocenters. The second-order valence-corrected chi connectivity index (χ2v) is 6.87.